The number of thiophene rings is 1. The van der Waals surface area contributed by atoms with E-state index in [1.165, 1.54) is 69.7 Å². The van der Waals surface area contributed by atoms with Crippen LogP contribution in [0.25, 0.3) is 252 Å². The molecule has 0 N–H and O–H groups in total. The molecular formula is C102H56N6O3S. The average molecular weight is 1450 g/mol. The minimum Gasteiger partial charge on any atom is -0.456 e. The number of nitrogens with zero attached hydrogens (tertiary/aromatic N) is 6. The molecular weight excluding hydrogens is 1390 g/mol. The number of aromatic nitrogens is 6. The van der Waals surface area contributed by atoms with Gasteiger partial charge in [0.1, 0.15) is 33.5 Å². The number of hydrogen-bond acceptors (Lipinski definition) is 10. The Labute approximate surface area is 642 Å². The summed E-state index contributed by atoms with van der Waals surface area (Å²) in [6.07, 6.45) is 0. The quantitative estimate of drug-likeness (QED) is 0.130. The van der Waals surface area contributed by atoms with Gasteiger partial charge in [0.25, 0.3) is 0 Å². The molecule has 0 radical (unpaired) electrons. The van der Waals surface area contributed by atoms with E-state index < -0.39 is 0 Å². The second-order valence-electron chi connectivity index (χ2n) is 29.0. The Morgan fingerprint density at radius 1 is 0.179 bits per heavy atom. The van der Waals surface area contributed by atoms with Crippen LogP contribution in [-0.2, 0) is 0 Å². The summed E-state index contributed by atoms with van der Waals surface area (Å²) < 4.78 is 22.7. The maximum atomic E-state index is 7.13. The van der Waals surface area contributed by atoms with Crippen molar-refractivity contribution in [3.8, 4) is 102 Å². The maximum absolute atomic E-state index is 7.13. The van der Waals surface area contributed by atoms with Crippen LogP contribution in [0.4, 0.5) is 0 Å². The van der Waals surface area contributed by atoms with Gasteiger partial charge in [0.15, 0.2) is 34.9 Å². The van der Waals surface area contributed by atoms with Gasteiger partial charge in [-0.3, -0.25) is 0 Å². The van der Waals surface area contributed by atoms with E-state index in [1.807, 2.05) is 96.3 Å². The van der Waals surface area contributed by atoms with Crippen LogP contribution >= 0.6 is 11.3 Å². The van der Waals surface area contributed by atoms with Gasteiger partial charge in [-0.05, 0) is 153 Å². The maximum Gasteiger partial charge on any atom is 0.164 e. The predicted molar refractivity (Wildman–Crippen MR) is 462 cm³/mol. The van der Waals surface area contributed by atoms with Gasteiger partial charge < -0.3 is 13.3 Å². The molecule has 0 fully saturated rings. The van der Waals surface area contributed by atoms with Crippen LogP contribution in [0.3, 0.4) is 0 Å². The minimum atomic E-state index is 0.533. The molecule has 0 amide bonds. The fraction of sp³-hybridized carbons (Fsp3) is 0. The lowest BCUT2D eigenvalue weighted by atomic mass is 9.89. The van der Waals surface area contributed by atoms with Gasteiger partial charge in [-0.1, -0.05) is 279 Å². The van der Waals surface area contributed by atoms with Crippen molar-refractivity contribution in [1.82, 2.24) is 29.9 Å². The second-order valence-corrected chi connectivity index (χ2v) is 30.0. The molecule has 0 aliphatic carbocycles. The molecule has 518 valence electrons. The van der Waals surface area contributed by atoms with Crippen molar-refractivity contribution < 1.29 is 13.3 Å². The smallest absolute Gasteiger partial charge is 0.164 e. The zero-order valence-corrected chi connectivity index (χ0v) is 60.5. The standard InChI is InChI=1S/C102H56N6O3S/c1-3-20-57(21-4-1)97-103-99(107-101(105-97)81-36-18-40-88-93(81)78-30-13-14-38-86(78)109-88)62-46-51-79-90(55-62)110-87-39-17-31-64(92(79)87)59-42-47-74-70-27-9-10-28-71(70)75-48-43-60(53-85(75)84(74)52-59)65-32-15-35-80-94-82(37-19-41-89(94)111-95(65)80)102-106-98(58-22-5-2-6-23-58)104-100(108-102)63-45-50-76-77-34-16-33-66(96(77)112-91(76)56-63)61-44-49-73-69-26-8-7-24-67(69)68-25-11-12-29-72(68)83(73)54-61/h1-56H. The van der Waals surface area contributed by atoms with Crippen LogP contribution in [-0.4, -0.2) is 29.9 Å². The number of hydrogen-bond donors (Lipinski definition) is 0. The Morgan fingerprint density at radius 2 is 0.518 bits per heavy atom. The van der Waals surface area contributed by atoms with Crippen LogP contribution in [0, 0.1) is 0 Å². The predicted octanol–water partition coefficient (Wildman–Crippen LogP) is 28.0. The second kappa shape index (κ2) is 24.3. The van der Waals surface area contributed by atoms with Crippen LogP contribution in [0.2, 0.25) is 0 Å². The Morgan fingerprint density at radius 3 is 1.09 bits per heavy atom. The fourth-order valence-electron chi connectivity index (χ4n) is 17.6. The first kappa shape index (κ1) is 62.2. The van der Waals surface area contributed by atoms with E-state index in [2.05, 4.69) is 255 Å². The molecule has 0 aliphatic heterocycles. The lowest BCUT2D eigenvalue weighted by Gasteiger charge is -2.14. The van der Waals surface area contributed by atoms with Crippen molar-refractivity contribution in [3.05, 3.63) is 340 Å². The molecule has 0 atom stereocenters. The summed E-state index contributed by atoms with van der Waals surface area (Å²) >= 11 is 1.82. The topological polar surface area (TPSA) is 117 Å². The Balaban J connectivity index is 0.610. The monoisotopic (exact) mass is 1440 g/mol. The van der Waals surface area contributed by atoms with Gasteiger partial charge in [0.2, 0.25) is 0 Å². The Kier molecular flexibility index (Phi) is 13.5. The van der Waals surface area contributed by atoms with Gasteiger partial charge in [-0.2, -0.15) is 0 Å². The summed E-state index contributed by atoms with van der Waals surface area (Å²) in [4.78, 5) is 31.6. The molecule has 24 rings (SSSR count). The lowest BCUT2D eigenvalue weighted by Crippen LogP contribution is -2.00. The molecule has 0 saturated carbocycles. The lowest BCUT2D eigenvalue weighted by molar-refractivity contribution is 0.668. The summed E-state index contributed by atoms with van der Waals surface area (Å²) in [6.45, 7) is 0. The Bertz CT molecular complexity index is 8130. The molecule has 10 heteroatoms. The van der Waals surface area contributed by atoms with Gasteiger partial charge in [-0.25, -0.2) is 29.9 Å². The van der Waals surface area contributed by atoms with Crippen molar-refractivity contribution in [1.29, 1.82) is 0 Å². The van der Waals surface area contributed by atoms with Crippen molar-refractivity contribution in [2.24, 2.45) is 0 Å². The van der Waals surface area contributed by atoms with Gasteiger partial charge in [0, 0.05) is 91.4 Å². The summed E-state index contributed by atoms with van der Waals surface area (Å²) in [5, 5.41) is 22.8. The summed E-state index contributed by atoms with van der Waals surface area (Å²) in [5.74, 6) is 3.39. The SMILES string of the molecule is c1ccc(-c2nc(-c3ccc4c(c3)oc3cccc(-c5ccc6c7ccccc7c7ccc(-c8cccc9c8oc8cccc(-c%10nc(-c%11ccccc%11)nc(-c%11ccc%12c(c%11)sc%11c(-c%13ccc%14c%15ccccc%15c%15ccccc%15c%14c%13)cccc%11%12)n%10)c89)cc7c6c5)c34)nc(-c3cccc4oc5ccccc5c34)n2)cc1. The normalized spacial score (nSPS) is 12.1. The zero-order valence-electron chi connectivity index (χ0n) is 59.6. The first-order valence-electron chi connectivity index (χ1n) is 37.6. The molecule has 112 heavy (non-hydrogen) atoms. The summed E-state index contributed by atoms with van der Waals surface area (Å²) in [6, 6.07) is 120. The molecule has 0 spiro atoms. The zero-order chi connectivity index (χ0) is 73.2. The van der Waals surface area contributed by atoms with Crippen molar-refractivity contribution in [2.45, 2.75) is 0 Å². The van der Waals surface area contributed by atoms with Crippen LogP contribution in [0.5, 0.6) is 0 Å². The van der Waals surface area contributed by atoms with E-state index in [0.717, 1.165) is 148 Å². The first-order valence-corrected chi connectivity index (χ1v) is 38.4. The van der Waals surface area contributed by atoms with Crippen molar-refractivity contribution >= 4 is 162 Å². The largest absolute Gasteiger partial charge is 0.456 e. The molecule has 0 bridgehead atoms. The first-order chi connectivity index (χ1) is 55.5. The number of furan rings is 3. The number of fused-ring (bicyclic) bond motifs is 24. The number of benzene rings is 18. The van der Waals surface area contributed by atoms with E-state index >= 15 is 0 Å². The molecule has 24 aromatic rings. The molecule has 6 heterocycles. The molecule has 0 unspecified atom stereocenters. The minimum absolute atomic E-state index is 0.533. The highest BCUT2D eigenvalue weighted by molar-refractivity contribution is 7.26. The highest BCUT2D eigenvalue weighted by Gasteiger charge is 2.25. The molecule has 18 aromatic carbocycles. The van der Waals surface area contributed by atoms with E-state index in [9.17, 15) is 0 Å². The van der Waals surface area contributed by atoms with Crippen molar-refractivity contribution in [3.63, 3.8) is 0 Å². The van der Waals surface area contributed by atoms with Gasteiger partial charge >= 0.3 is 0 Å². The Hall–Kier alpha value is -14.8. The van der Waals surface area contributed by atoms with E-state index in [0.29, 0.717) is 34.9 Å². The van der Waals surface area contributed by atoms with Crippen LogP contribution in [0.15, 0.2) is 353 Å². The third-order valence-corrected chi connectivity index (χ3v) is 24.0. The third-order valence-electron chi connectivity index (χ3n) is 22.8. The average Bonchev–Trinajstić information content (AvgIpc) is 1.03. The van der Waals surface area contributed by atoms with E-state index in [4.69, 9.17) is 43.2 Å². The fourth-order valence-corrected chi connectivity index (χ4v) is 18.9. The number of para-hydroxylation sites is 2. The molecule has 6 aromatic heterocycles. The van der Waals surface area contributed by atoms with Crippen molar-refractivity contribution in [2.75, 3.05) is 0 Å². The van der Waals surface area contributed by atoms with Gasteiger partial charge in [0.05, 0.1) is 0 Å². The van der Waals surface area contributed by atoms with Crippen LogP contribution in [0.1, 0.15) is 0 Å². The van der Waals surface area contributed by atoms with E-state index in [-0.39, 0.29) is 0 Å². The third kappa shape index (κ3) is 9.62. The summed E-state index contributed by atoms with van der Waals surface area (Å²) in [5.41, 5.74) is 16.4. The number of rotatable bonds is 9. The molecule has 0 saturated heterocycles. The van der Waals surface area contributed by atoms with Gasteiger partial charge in [-0.15, -0.1) is 11.3 Å². The van der Waals surface area contributed by atoms with Crippen LogP contribution < -0.4 is 0 Å². The molecule has 9 nitrogen and oxygen atoms in total. The molecule has 0 aliphatic rings. The highest BCUT2D eigenvalue weighted by atomic mass is 32.1. The summed E-state index contributed by atoms with van der Waals surface area (Å²) in [7, 11) is 0. The highest BCUT2D eigenvalue weighted by Crippen LogP contribution is 2.49. The van der Waals surface area contributed by atoms with E-state index in [1.54, 1.807) is 0 Å².